The van der Waals surface area contributed by atoms with Crippen LogP contribution in [-0.4, -0.2) is 17.0 Å². The number of thiophene rings is 1. The molecule has 7 rings (SSSR count). The highest BCUT2D eigenvalue weighted by Crippen LogP contribution is 2.44. The Labute approximate surface area is 277 Å². The summed E-state index contributed by atoms with van der Waals surface area (Å²) in [5.41, 5.74) is 5.85. The topological polar surface area (TPSA) is 59.8 Å². The summed E-state index contributed by atoms with van der Waals surface area (Å²) in [6.45, 7) is 4.25. The van der Waals surface area contributed by atoms with E-state index in [1.54, 1.807) is 13.0 Å². The molecule has 1 fully saturated rings. The van der Waals surface area contributed by atoms with Gasteiger partial charge in [0.1, 0.15) is 11.4 Å². The van der Waals surface area contributed by atoms with Gasteiger partial charge in [0.25, 0.3) is 5.56 Å². The number of halogens is 1. The summed E-state index contributed by atoms with van der Waals surface area (Å²) in [5, 5.41) is 5.98. The Morgan fingerprint density at radius 3 is 2.04 bits per heavy atom. The summed E-state index contributed by atoms with van der Waals surface area (Å²) in [6.07, 6.45) is 3.16. The zero-order valence-electron chi connectivity index (χ0n) is 26.3. The summed E-state index contributed by atoms with van der Waals surface area (Å²) >= 11 is 1.48. The number of esters is 1. The van der Waals surface area contributed by atoms with E-state index in [1.807, 2.05) is 31.2 Å². The second-order valence-electron chi connectivity index (χ2n) is 12.0. The van der Waals surface area contributed by atoms with Crippen LogP contribution in [0.4, 0.5) is 4.39 Å². The smallest absolute Gasteiger partial charge is 0.343 e. The summed E-state index contributed by atoms with van der Waals surface area (Å²) < 4.78 is 22.5. The van der Waals surface area contributed by atoms with Crippen LogP contribution in [0.2, 0.25) is 0 Å². The van der Waals surface area contributed by atoms with Crippen molar-refractivity contribution in [1.82, 2.24) is 9.72 Å². The van der Waals surface area contributed by atoms with Crippen molar-refractivity contribution in [2.45, 2.75) is 44.7 Å². The first kappa shape index (κ1) is 30.8. The number of carbonyl (C=O) groups excluding carboxylic acids is 1. The van der Waals surface area contributed by atoms with Gasteiger partial charge in [0.15, 0.2) is 0 Å². The lowest BCUT2D eigenvalue weighted by Gasteiger charge is -2.37. The number of hydrogen-bond donors (Lipinski definition) is 1. The van der Waals surface area contributed by atoms with E-state index < -0.39 is 22.9 Å². The molecule has 3 aromatic heterocycles. The molecule has 0 radical (unpaired) electrons. The summed E-state index contributed by atoms with van der Waals surface area (Å²) in [7, 11) is 0. The minimum atomic E-state index is -0.677. The number of fused-ring (bicyclic) bond motifs is 1. The number of pyridine rings is 2. The lowest BCUT2D eigenvalue weighted by atomic mass is 9.77. The molecule has 0 saturated heterocycles. The van der Waals surface area contributed by atoms with E-state index in [4.69, 9.17) is 4.74 Å². The first-order valence-electron chi connectivity index (χ1n) is 16.0. The van der Waals surface area contributed by atoms with Crippen LogP contribution in [0.25, 0.3) is 16.0 Å². The highest BCUT2D eigenvalue weighted by molar-refractivity contribution is 7.13. The molecule has 236 valence electrons. The van der Waals surface area contributed by atoms with Crippen LogP contribution in [0, 0.1) is 12.7 Å². The van der Waals surface area contributed by atoms with Crippen LogP contribution in [0.5, 0.6) is 0 Å². The van der Waals surface area contributed by atoms with E-state index in [0.29, 0.717) is 23.2 Å². The van der Waals surface area contributed by atoms with Gasteiger partial charge in [-0.3, -0.25) is 14.5 Å². The number of rotatable bonds is 10. The SMILES string of the molecule is CCOC(=O)c1cc(C2CC2)c2c(C)c(-c3cc(CNC(c4ccccc4)(c4ccccc4)c4ccccc4)cs3)c(F)cn2c1=O. The van der Waals surface area contributed by atoms with Crippen LogP contribution in [-0.2, 0) is 16.8 Å². The maximum atomic E-state index is 16.0. The predicted molar refractivity (Wildman–Crippen MR) is 186 cm³/mol. The minimum absolute atomic E-state index is 0.0546. The second kappa shape index (κ2) is 12.7. The van der Waals surface area contributed by atoms with Crippen LogP contribution in [0.15, 0.2) is 119 Å². The van der Waals surface area contributed by atoms with Crippen molar-refractivity contribution in [2.24, 2.45) is 0 Å². The molecule has 3 aromatic carbocycles. The molecule has 1 N–H and O–H groups in total. The summed E-state index contributed by atoms with van der Waals surface area (Å²) in [5.74, 6) is -0.960. The molecule has 0 spiro atoms. The molecule has 3 heterocycles. The molecule has 1 saturated carbocycles. The molecule has 0 atom stereocenters. The minimum Gasteiger partial charge on any atom is -0.462 e. The Hall–Kier alpha value is -4.85. The fraction of sp³-hybridized carbons (Fsp3) is 0.200. The summed E-state index contributed by atoms with van der Waals surface area (Å²) in [4.78, 5) is 26.8. The van der Waals surface area contributed by atoms with E-state index in [2.05, 4.69) is 83.5 Å². The van der Waals surface area contributed by atoms with Crippen molar-refractivity contribution in [1.29, 1.82) is 0 Å². The normalized spacial score (nSPS) is 13.2. The maximum absolute atomic E-state index is 16.0. The van der Waals surface area contributed by atoms with Gasteiger partial charge in [0.2, 0.25) is 0 Å². The van der Waals surface area contributed by atoms with Crippen molar-refractivity contribution >= 4 is 22.8 Å². The molecule has 0 amide bonds. The molecular formula is C40H35FN2O3S. The average molecular weight is 643 g/mol. The standard InChI is InChI=1S/C40H35FN2O3S/c1-3-46-39(45)33-22-32(28-19-20-28)37-26(2)36(34(41)24-43(37)38(33)44)35-21-27(25-47-35)23-42-40(29-13-7-4-8-14-29,30-15-9-5-10-16-30)31-17-11-6-12-18-31/h4-18,21-22,24-25,28,42H,3,19-20,23H2,1-2H3. The lowest BCUT2D eigenvalue weighted by Crippen LogP contribution is -2.44. The van der Waals surface area contributed by atoms with Gasteiger partial charge < -0.3 is 4.74 Å². The first-order chi connectivity index (χ1) is 22.9. The summed E-state index contributed by atoms with van der Waals surface area (Å²) in [6, 6.07) is 35.0. The Morgan fingerprint density at radius 2 is 1.51 bits per heavy atom. The van der Waals surface area contributed by atoms with Crippen LogP contribution >= 0.6 is 11.3 Å². The van der Waals surface area contributed by atoms with Gasteiger partial charge >= 0.3 is 5.97 Å². The predicted octanol–water partition coefficient (Wildman–Crippen LogP) is 8.61. The van der Waals surface area contributed by atoms with E-state index in [9.17, 15) is 9.59 Å². The number of hydrogen-bond acceptors (Lipinski definition) is 5. The first-order valence-corrected chi connectivity index (χ1v) is 16.8. The molecule has 7 heteroatoms. The molecule has 1 aliphatic rings. The third-order valence-corrected chi connectivity index (χ3v) is 10.1. The van der Waals surface area contributed by atoms with Crippen LogP contribution in [0.1, 0.15) is 69.4 Å². The van der Waals surface area contributed by atoms with Crippen molar-refractivity contribution < 1.29 is 13.9 Å². The molecule has 0 bridgehead atoms. The number of benzene rings is 3. The second-order valence-corrected chi connectivity index (χ2v) is 12.9. The van der Waals surface area contributed by atoms with Gasteiger partial charge in [-0.1, -0.05) is 91.0 Å². The van der Waals surface area contributed by atoms with Crippen molar-refractivity contribution in [3.05, 3.63) is 170 Å². The molecule has 0 aliphatic heterocycles. The Balaban J connectivity index is 1.30. The monoisotopic (exact) mass is 642 g/mol. The number of aryl methyl sites for hydroxylation is 1. The van der Waals surface area contributed by atoms with Gasteiger partial charge in [-0.25, -0.2) is 9.18 Å². The fourth-order valence-electron chi connectivity index (χ4n) is 6.72. The Kier molecular flexibility index (Phi) is 8.35. The number of carbonyl (C=O) groups is 1. The highest BCUT2D eigenvalue weighted by atomic mass is 32.1. The number of aromatic nitrogens is 1. The quantitative estimate of drug-likeness (QED) is 0.120. The third-order valence-electron chi connectivity index (χ3n) is 9.07. The third kappa shape index (κ3) is 5.60. The molecular weight excluding hydrogens is 608 g/mol. The largest absolute Gasteiger partial charge is 0.462 e. The van der Waals surface area contributed by atoms with Crippen molar-refractivity contribution in [3.63, 3.8) is 0 Å². The van der Waals surface area contributed by atoms with E-state index >= 15 is 4.39 Å². The van der Waals surface area contributed by atoms with E-state index in [0.717, 1.165) is 45.5 Å². The Morgan fingerprint density at radius 1 is 0.936 bits per heavy atom. The van der Waals surface area contributed by atoms with Crippen LogP contribution in [0.3, 0.4) is 0 Å². The fourth-order valence-corrected chi connectivity index (χ4v) is 7.74. The molecule has 5 nitrogen and oxygen atoms in total. The van der Waals surface area contributed by atoms with Gasteiger partial charge in [-0.15, -0.1) is 11.3 Å². The lowest BCUT2D eigenvalue weighted by molar-refractivity contribution is 0.0524. The average Bonchev–Trinajstić information content (AvgIpc) is 3.85. The van der Waals surface area contributed by atoms with Gasteiger partial charge in [-0.2, -0.15) is 0 Å². The van der Waals surface area contributed by atoms with E-state index in [1.165, 1.54) is 21.9 Å². The molecule has 6 aromatic rings. The van der Waals surface area contributed by atoms with Crippen molar-refractivity contribution in [3.8, 4) is 10.4 Å². The number of nitrogens with zero attached hydrogens (tertiary/aromatic N) is 1. The molecule has 1 aliphatic carbocycles. The van der Waals surface area contributed by atoms with Gasteiger partial charge in [0.05, 0.1) is 17.7 Å². The maximum Gasteiger partial charge on any atom is 0.343 e. The highest BCUT2D eigenvalue weighted by Gasteiger charge is 2.36. The molecule has 0 unspecified atom stereocenters. The Bertz CT molecular complexity index is 2020. The zero-order chi connectivity index (χ0) is 32.5. The molecule has 47 heavy (non-hydrogen) atoms. The number of ether oxygens (including phenoxy) is 1. The van der Waals surface area contributed by atoms with Crippen molar-refractivity contribution in [2.75, 3.05) is 6.61 Å². The van der Waals surface area contributed by atoms with Gasteiger partial charge in [0, 0.05) is 23.2 Å². The van der Waals surface area contributed by atoms with Crippen LogP contribution < -0.4 is 10.9 Å². The number of nitrogens with one attached hydrogen (secondary N) is 1. The van der Waals surface area contributed by atoms with E-state index in [-0.39, 0.29) is 18.1 Å². The van der Waals surface area contributed by atoms with Gasteiger partial charge in [-0.05, 0) is 83.5 Å². The zero-order valence-corrected chi connectivity index (χ0v) is 27.2.